The molecule has 28 heavy (non-hydrogen) atoms. The van der Waals surface area contributed by atoms with Gasteiger partial charge in [-0.3, -0.25) is 9.59 Å². The number of piperazine rings is 1. The topological polar surface area (TPSA) is 49.9 Å². The molecule has 0 spiro atoms. The van der Waals surface area contributed by atoms with Gasteiger partial charge in [0.2, 0.25) is 0 Å². The molecule has 0 N–H and O–H groups in total. The van der Waals surface area contributed by atoms with Crippen molar-refractivity contribution in [2.24, 2.45) is 0 Å². The van der Waals surface area contributed by atoms with Gasteiger partial charge in [0.05, 0.1) is 10.7 Å². The largest absolute Gasteiger partial charge is 0.482 e. The van der Waals surface area contributed by atoms with Gasteiger partial charge in [0.1, 0.15) is 11.6 Å². The molecule has 1 amide bonds. The number of ketones is 1. The Morgan fingerprint density at radius 2 is 1.82 bits per heavy atom. The van der Waals surface area contributed by atoms with Gasteiger partial charge in [0.15, 0.2) is 12.4 Å². The van der Waals surface area contributed by atoms with Crippen LogP contribution in [0.1, 0.15) is 22.8 Å². The summed E-state index contributed by atoms with van der Waals surface area (Å²) in [4.78, 5) is 27.4. The average molecular weight is 405 g/mol. The normalized spacial score (nSPS) is 14.1. The van der Waals surface area contributed by atoms with E-state index in [1.54, 1.807) is 29.2 Å². The summed E-state index contributed by atoms with van der Waals surface area (Å²) in [5.74, 6) is -0.245. The number of rotatable bonds is 5. The van der Waals surface area contributed by atoms with Crippen LogP contribution in [0.3, 0.4) is 0 Å². The summed E-state index contributed by atoms with van der Waals surface area (Å²) in [5.41, 5.74) is 1.79. The number of halogens is 2. The highest BCUT2D eigenvalue weighted by Crippen LogP contribution is 2.25. The molecule has 1 fully saturated rings. The maximum absolute atomic E-state index is 14.3. The summed E-state index contributed by atoms with van der Waals surface area (Å²) >= 11 is 6.08. The molecule has 0 unspecified atom stereocenters. The first kappa shape index (κ1) is 20.1. The summed E-state index contributed by atoms with van der Waals surface area (Å²) in [6.07, 6.45) is 0. The van der Waals surface area contributed by atoms with Gasteiger partial charge in [-0.1, -0.05) is 17.7 Å². The summed E-state index contributed by atoms with van der Waals surface area (Å²) in [7, 11) is 0. The van der Waals surface area contributed by atoms with E-state index in [2.05, 4.69) is 0 Å². The van der Waals surface area contributed by atoms with E-state index in [1.807, 2.05) is 17.9 Å². The van der Waals surface area contributed by atoms with Crippen molar-refractivity contribution in [3.05, 3.63) is 58.4 Å². The molecule has 0 aliphatic carbocycles. The lowest BCUT2D eigenvalue weighted by atomic mass is 10.1. The van der Waals surface area contributed by atoms with Crippen molar-refractivity contribution in [1.82, 2.24) is 4.90 Å². The SMILES string of the molecule is CC(=O)c1ccc(N2CCN(C(=O)COc3cc(C)ccc3Cl)CC2)c(F)c1. The quantitative estimate of drug-likeness (QED) is 0.713. The van der Waals surface area contributed by atoms with Crippen LogP contribution in [0, 0.1) is 12.7 Å². The van der Waals surface area contributed by atoms with E-state index >= 15 is 0 Å². The van der Waals surface area contributed by atoms with E-state index in [4.69, 9.17) is 16.3 Å². The smallest absolute Gasteiger partial charge is 0.260 e. The van der Waals surface area contributed by atoms with Crippen molar-refractivity contribution in [2.75, 3.05) is 37.7 Å². The van der Waals surface area contributed by atoms with E-state index in [9.17, 15) is 14.0 Å². The number of hydrogen-bond donors (Lipinski definition) is 0. The predicted molar refractivity (Wildman–Crippen MR) is 107 cm³/mol. The molecule has 7 heteroatoms. The molecule has 0 radical (unpaired) electrons. The highest BCUT2D eigenvalue weighted by Gasteiger charge is 2.23. The Bertz CT molecular complexity index is 895. The Kier molecular flexibility index (Phi) is 6.19. The van der Waals surface area contributed by atoms with Gasteiger partial charge < -0.3 is 14.5 Å². The number of nitrogens with zero attached hydrogens (tertiary/aromatic N) is 2. The van der Waals surface area contributed by atoms with Gasteiger partial charge in [-0.15, -0.1) is 0 Å². The third-order valence-corrected chi connectivity index (χ3v) is 5.08. The van der Waals surface area contributed by atoms with Crippen LogP contribution >= 0.6 is 11.6 Å². The Balaban J connectivity index is 1.55. The molecule has 5 nitrogen and oxygen atoms in total. The molecule has 148 valence electrons. The summed E-state index contributed by atoms with van der Waals surface area (Å²) in [6, 6.07) is 9.90. The Labute approximate surface area is 168 Å². The fourth-order valence-corrected chi connectivity index (χ4v) is 3.30. The van der Waals surface area contributed by atoms with Crippen LogP contribution in [0.15, 0.2) is 36.4 Å². The fraction of sp³-hybridized carbons (Fsp3) is 0.333. The second-order valence-corrected chi connectivity index (χ2v) is 7.22. The lowest BCUT2D eigenvalue weighted by molar-refractivity contribution is -0.133. The van der Waals surface area contributed by atoms with Crippen LogP contribution in [0.4, 0.5) is 10.1 Å². The number of ether oxygens (including phenoxy) is 1. The fourth-order valence-electron chi connectivity index (χ4n) is 3.13. The van der Waals surface area contributed by atoms with Gasteiger partial charge >= 0.3 is 0 Å². The molecule has 0 saturated carbocycles. The second-order valence-electron chi connectivity index (χ2n) is 6.81. The van der Waals surface area contributed by atoms with Gasteiger partial charge in [0, 0.05) is 31.7 Å². The molecule has 1 saturated heterocycles. The van der Waals surface area contributed by atoms with Gasteiger partial charge in [0.25, 0.3) is 5.91 Å². The zero-order valence-corrected chi connectivity index (χ0v) is 16.6. The maximum atomic E-state index is 14.3. The van der Waals surface area contributed by atoms with Crippen molar-refractivity contribution < 1.29 is 18.7 Å². The number of carbonyl (C=O) groups is 2. The summed E-state index contributed by atoms with van der Waals surface area (Å²) in [6.45, 7) is 5.19. The molecular weight excluding hydrogens is 383 g/mol. The lowest BCUT2D eigenvalue weighted by Gasteiger charge is -2.36. The van der Waals surface area contributed by atoms with Crippen molar-refractivity contribution >= 4 is 29.0 Å². The van der Waals surface area contributed by atoms with Crippen molar-refractivity contribution in [3.8, 4) is 5.75 Å². The monoisotopic (exact) mass is 404 g/mol. The van der Waals surface area contributed by atoms with E-state index < -0.39 is 5.82 Å². The third-order valence-electron chi connectivity index (χ3n) is 4.77. The minimum absolute atomic E-state index is 0.0924. The lowest BCUT2D eigenvalue weighted by Crippen LogP contribution is -2.50. The molecule has 1 aliphatic heterocycles. The first-order valence-corrected chi connectivity index (χ1v) is 9.45. The number of amides is 1. The zero-order valence-electron chi connectivity index (χ0n) is 15.9. The van der Waals surface area contributed by atoms with E-state index in [0.29, 0.717) is 48.2 Å². The molecule has 0 aromatic heterocycles. The van der Waals surface area contributed by atoms with Crippen LogP contribution in [-0.2, 0) is 4.79 Å². The molecule has 0 bridgehead atoms. The van der Waals surface area contributed by atoms with Crippen LogP contribution < -0.4 is 9.64 Å². The Morgan fingerprint density at radius 1 is 1.11 bits per heavy atom. The highest BCUT2D eigenvalue weighted by molar-refractivity contribution is 6.32. The van der Waals surface area contributed by atoms with E-state index in [1.165, 1.54) is 13.0 Å². The van der Waals surface area contributed by atoms with E-state index in [-0.39, 0.29) is 18.3 Å². The predicted octanol–water partition coefficient (Wildman–Crippen LogP) is 3.72. The molecule has 2 aromatic carbocycles. The number of aryl methyl sites for hydroxylation is 1. The maximum Gasteiger partial charge on any atom is 0.260 e. The zero-order chi connectivity index (χ0) is 20.3. The van der Waals surface area contributed by atoms with Gasteiger partial charge in [-0.2, -0.15) is 0 Å². The van der Waals surface area contributed by atoms with Crippen LogP contribution in [0.2, 0.25) is 5.02 Å². The Hall–Kier alpha value is -2.60. The minimum Gasteiger partial charge on any atom is -0.482 e. The number of carbonyl (C=O) groups excluding carboxylic acids is 2. The summed E-state index contributed by atoms with van der Waals surface area (Å²) in [5, 5.41) is 0.465. The van der Waals surface area contributed by atoms with Crippen molar-refractivity contribution in [2.45, 2.75) is 13.8 Å². The minimum atomic E-state index is -0.426. The average Bonchev–Trinajstić information content (AvgIpc) is 2.68. The molecule has 1 aliphatic rings. The van der Waals surface area contributed by atoms with Gasteiger partial charge in [-0.05, 0) is 49.7 Å². The van der Waals surface area contributed by atoms with Crippen molar-refractivity contribution in [1.29, 1.82) is 0 Å². The number of benzene rings is 2. The molecular formula is C21H22ClFN2O3. The highest BCUT2D eigenvalue weighted by atomic mass is 35.5. The second kappa shape index (κ2) is 8.61. The first-order valence-electron chi connectivity index (χ1n) is 9.07. The van der Waals surface area contributed by atoms with Crippen LogP contribution in [0.25, 0.3) is 0 Å². The molecule has 1 heterocycles. The van der Waals surface area contributed by atoms with Gasteiger partial charge in [-0.25, -0.2) is 4.39 Å². The van der Waals surface area contributed by atoms with E-state index in [0.717, 1.165) is 5.56 Å². The Morgan fingerprint density at radius 3 is 2.46 bits per heavy atom. The molecule has 3 rings (SSSR count). The molecule has 2 aromatic rings. The number of Topliss-reactive ketones (excluding diaryl/α,β-unsaturated/α-hetero) is 1. The third kappa shape index (κ3) is 4.62. The number of anilines is 1. The first-order chi connectivity index (χ1) is 13.3. The van der Waals surface area contributed by atoms with Crippen LogP contribution in [-0.4, -0.2) is 49.4 Å². The standard InChI is InChI=1S/C21H22ClFN2O3/c1-14-3-5-17(22)20(11-14)28-13-21(27)25-9-7-24(8-10-25)19-6-4-16(15(2)26)12-18(19)23/h3-6,11-12H,7-10,13H2,1-2H3. The molecule has 0 atom stereocenters. The van der Waals surface area contributed by atoms with Crippen LogP contribution in [0.5, 0.6) is 5.75 Å². The number of hydrogen-bond acceptors (Lipinski definition) is 4. The summed E-state index contributed by atoms with van der Waals surface area (Å²) < 4.78 is 19.9. The van der Waals surface area contributed by atoms with Crippen molar-refractivity contribution in [3.63, 3.8) is 0 Å².